The Balaban J connectivity index is 1.50. The molecule has 1 fully saturated rings. The fourth-order valence-electron chi connectivity index (χ4n) is 3.64. The number of carbonyl (C=O) groups excluding carboxylic acids is 1. The fraction of sp³-hybridized carbons (Fsp3) is 0.273. The van der Waals surface area contributed by atoms with Crippen molar-refractivity contribution < 1.29 is 13.9 Å². The van der Waals surface area contributed by atoms with Crippen LogP contribution in [-0.2, 0) is 4.74 Å². The highest BCUT2D eigenvalue weighted by atomic mass is 32.1. The third-order valence-electron chi connectivity index (χ3n) is 5.20. The van der Waals surface area contributed by atoms with Gasteiger partial charge in [0.15, 0.2) is 5.13 Å². The van der Waals surface area contributed by atoms with Crippen molar-refractivity contribution in [3.05, 3.63) is 66.0 Å². The molecule has 0 aliphatic carbocycles. The van der Waals surface area contributed by atoms with Crippen molar-refractivity contribution in [2.75, 3.05) is 18.1 Å². The molecule has 1 saturated heterocycles. The van der Waals surface area contributed by atoms with Crippen LogP contribution in [0.4, 0.5) is 9.52 Å². The van der Waals surface area contributed by atoms with Gasteiger partial charge >= 0.3 is 0 Å². The number of hydrogen-bond acceptors (Lipinski definition) is 6. The Morgan fingerprint density at radius 1 is 1.23 bits per heavy atom. The Labute approximate surface area is 182 Å². The second-order valence-corrected chi connectivity index (χ2v) is 8.39. The molecule has 0 saturated carbocycles. The Hall–Kier alpha value is -3.17. The highest BCUT2D eigenvalue weighted by Gasteiger charge is 2.29. The number of halogens is 1. The molecule has 5 rings (SSSR count). The van der Waals surface area contributed by atoms with Crippen LogP contribution in [0.15, 0.2) is 48.5 Å². The first-order valence-corrected chi connectivity index (χ1v) is 10.9. The molecule has 0 bridgehead atoms. The number of nitrogens with zero attached hydrogens (tertiary/aromatic N) is 5. The van der Waals surface area contributed by atoms with Gasteiger partial charge in [0.25, 0.3) is 5.91 Å². The number of ether oxygens (including phenoxy) is 1. The van der Waals surface area contributed by atoms with Crippen molar-refractivity contribution in [3.8, 4) is 5.69 Å². The third-order valence-corrected chi connectivity index (χ3v) is 6.26. The summed E-state index contributed by atoms with van der Waals surface area (Å²) in [6, 6.07) is 13.7. The van der Waals surface area contributed by atoms with Gasteiger partial charge in [0.2, 0.25) is 5.82 Å². The Bertz CT molecular complexity index is 1200. The number of anilines is 1. The largest absolute Gasteiger partial charge is 0.376 e. The quantitative estimate of drug-likeness (QED) is 0.469. The molecule has 0 radical (unpaired) electrons. The number of amides is 1. The lowest BCUT2D eigenvalue weighted by Gasteiger charge is -2.21. The molecule has 4 aromatic rings. The summed E-state index contributed by atoms with van der Waals surface area (Å²) in [6.07, 6.45) is 1.82. The molecule has 0 N–H and O–H groups in total. The predicted molar refractivity (Wildman–Crippen MR) is 116 cm³/mol. The van der Waals surface area contributed by atoms with Crippen molar-refractivity contribution in [1.82, 2.24) is 19.7 Å². The molecule has 1 atom stereocenters. The van der Waals surface area contributed by atoms with E-state index in [0.717, 1.165) is 23.1 Å². The average Bonchev–Trinajstić information content (AvgIpc) is 3.51. The molecule has 1 aliphatic heterocycles. The summed E-state index contributed by atoms with van der Waals surface area (Å²) >= 11 is 1.46. The monoisotopic (exact) mass is 437 g/mol. The number of aryl methyl sites for hydroxylation is 1. The first kappa shape index (κ1) is 19.8. The first-order valence-electron chi connectivity index (χ1n) is 10.1. The van der Waals surface area contributed by atoms with Gasteiger partial charge in [0.05, 0.1) is 28.6 Å². The van der Waals surface area contributed by atoms with Crippen molar-refractivity contribution in [3.63, 3.8) is 0 Å². The van der Waals surface area contributed by atoms with Crippen molar-refractivity contribution in [2.24, 2.45) is 0 Å². The number of fused-ring (bicyclic) bond motifs is 1. The van der Waals surface area contributed by atoms with E-state index in [9.17, 15) is 9.18 Å². The lowest BCUT2D eigenvalue weighted by Crippen LogP contribution is -2.38. The van der Waals surface area contributed by atoms with Crippen molar-refractivity contribution >= 4 is 32.6 Å². The molecular formula is C22H20FN5O2S. The summed E-state index contributed by atoms with van der Waals surface area (Å²) < 4.78 is 21.6. The van der Waals surface area contributed by atoms with Gasteiger partial charge in [0, 0.05) is 6.61 Å². The zero-order chi connectivity index (χ0) is 21.4. The molecule has 158 valence electrons. The van der Waals surface area contributed by atoms with E-state index in [4.69, 9.17) is 4.74 Å². The molecule has 1 amide bonds. The zero-order valence-corrected chi connectivity index (χ0v) is 17.7. The zero-order valence-electron chi connectivity index (χ0n) is 16.9. The van der Waals surface area contributed by atoms with Gasteiger partial charge in [0.1, 0.15) is 11.6 Å². The van der Waals surface area contributed by atoms with E-state index in [2.05, 4.69) is 15.1 Å². The standard InChI is InChI=1S/C22H20FN5O2S/c1-14-24-20(26-28(14)16-10-8-15(23)9-11-16)21(29)27(13-17-5-4-12-30-17)22-25-18-6-2-3-7-19(18)31-22/h2-3,6-11,17H,4-5,12-13H2,1H3. The topological polar surface area (TPSA) is 73.1 Å². The summed E-state index contributed by atoms with van der Waals surface area (Å²) in [5, 5.41) is 5.01. The van der Waals surface area contributed by atoms with E-state index < -0.39 is 0 Å². The number of carbonyl (C=O) groups is 1. The highest BCUT2D eigenvalue weighted by Crippen LogP contribution is 2.30. The van der Waals surface area contributed by atoms with E-state index in [1.165, 1.54) is 28.2 Å². The molecule has 1 unspecified atom stereocenters. The number of benzene rings is 2. The van der Waals surface area contributed by atoms with Crippen LogP contribution in [0.5, 0.6) is 0 Å². The first-order chi connectivity index (χ1) is 15.1. The Kier molecular flexibility index (Phi) is 5.21. The predicted octanol–water partition coefficient (Wildman–Crippen LogP) is 4.15. The number of hydrogen-bond donors (Lipinski definition) is 0. The number of rotatable bonds is 5. The summed E-state index contributed by atoms with van der Waals surface area (Å²) in [7, 11) is 0. The normalized spacial score (nSPS) is 16.1. The van der Waals surface area contributed by atoms with Gasteiger partial charge in [-0.05, 0) is 56.2 Å². The lowest BCUT2D eigenvalue weighted by atomic mass is 10.2. The number of para-hydroxylation sites is 1. The number of aromatic nitrogens is 4. The molecule has 31 heavy (non-hydrogen) atoms. The third kappa shape index (κ3) is 3.94. The van der Waals surface area contributed by atoms with Crippen LogP contribution in [0.3, 0.4) is 0 Å². The summed E-state index contributed by atoms with van der Waals surface area (Å²) in [6.45, 7) is 2.85. The molecule has 9 heteroatoms. The molecule has 1 aliphatic rings. The molecular weight excluding hydrogens is 417 g/mol. The van der Waals surface area contributed by atoms with Gasteiger partial charge in [-0.3, -0.25) is 9.69 Å². The molecule has 0 spiro atoms. The van der Waals surface area contributed by atoms with E-state index in [-0.39, 0.29) is 23.7 Å². The average molecular weight is 438 g/mol. The minimum Gasteiger partial charge on any atom is -0.376 e. The minimum atomic E-state index is -0.337. The van der Waals surface area contributed by atoms with Crippen LogP contribution >= 0.6 is 11.3 Å². The van der Waals surface area contributed by atoms with Crippen LogP contribution in [0.2, 0.25) is 0 Å². The van der Waals surface area contributed by atoms with Crippen molar-refractivity contribution in [2.45, 2.75) is 25.9 Å². The van der Waals surface area contributed by atoms with E-state index in [0.29, 0.717) is 29.8 Å². The molecule has 2 aromatic heterocycles. The van der Waals surface area contributed by atoms with Crippen LogP contribution in [-0.4, -0.2) is 44.9 Å². The maximum atomic E-state index is 13.5. The van der Waals surface area contributed by atoms with E-state index >= 15 is 0 Å². The van der Waals surface area contributed by atoms with Gasteiger partial charge in [-0.15, -0.1) is 5.10 Å². The summed E-state index contributed by atoms with van der Waals surface area (Å²) in [5.41, 5.74) is 1.48. The van der Waals surface area contributed by atoms with Gasteiger partial charge in [-0.25, -0.2) is 19.0 Å². The fourth-order valence-corrected chi connectivity index (χ4v) is 4.62. The highest BCUT2D eigenvalue weighted by molar-refractivity contribution is 7.22. The second-order valence-electron chi connectivity index (χ2n) is 7.39. The Morgan fingerprint density at radius 3 is 2.77 bits per heavy atom. The van der Waals surface area contributed by atoms with Gasteiger partial charge in [-0.2, -0.15) is 0 Å². The van der Waals surface area contributed by atoms with E-state index in [1.54, 1.807) is 24.0 Å². The second kappa shape index (κ2) is 8.16. The SMILES string of the molecule is Cc1nc(C(=O)N(CC2CCCO2)c2nc3ccccc3s2)nn1-c1ccc(F)cc1. The van der Waals surface area contributed by atoms with Crippen molar-refractivity contribution in [1.29, 1.82) is 0 Å². The maximum Gasteiger partial charge on any atom is 0.299 e. The summed E-state index contributed by atoms with van der Waals surface area (Å²) in [5.74, 6) is -0.0645. The van der Waals surface area contributed by atoms with E-state index in [1.807, 2.05) is 24.3 Å². The molecule has 3 heterocycles. The van der Waals surface area contributed by atoms with Crippen LogP contribution < -0.4 is 4.90 Å². The molecule has 7 nitrogen and oxygen atoms in total. The molecule has 2 aromatic carbocycles. The van der Waals surface area contributed by atoms with Crippen LogP contribution in [0.1, 0.15) is 29.3 Å². The Morgan fingerprint density at radius 2 is 2.03 bits per heavy atom. The van der Waals surface area contributed by atoms with Crippen LogP contribution in [0, 0.1) is 12.7 Å². The number of thiazole rings is 1. The smallest absolute Gasteiger partial charge is 0.299 e. The van der Waals surface area contributed by atoms with Gasteiger partial charge in [-0.1, -0.05) is 23.5 Å². The van der Waals surface area contributed by atoms with Gasteiger partial charge < -0.3 is 4.74 Å². The maximum absolute atomic E-state index is 13.5. The minimum absolute atomic E-state index is 0.0451. The van der Waals surface area contributed by atoms with Crippen LogP contribution in [0.25, 0.3) is 15.9 Å². The lowest BCUT2D eigenvalue weighted by molar-refractivity contribution is 0.0909. The summed E-state index contributed by atoms with van der Waals surface area (Å²) in [4.78, 5) is 24.2.